The number of nitro groups is 1. The Morgan fingerprint density at radius 3 is 2.32 bits per heavy atom. The van der Waals surface area contributed by atoms with Crippen LogP contribution < -0.4 is 24.8 Å². The van der Waals surface area contributed by atoms with Crippen LogP contribution in [0, 0.1) is 10.1 Å². The summed E-state index contributed by atoms with van der Waals surface area (Å²) in [4.78, 5) is 10.1. The highest BCUT2D eigenvalue weighted by molar-refractivity contribution is 7.89. The van der Waals surface area contributed by atoms with E-state index in [4.69, 9.17) is 19.3 Å². The summed E-state index contributed by atoms with van der Waals surface area (Å²) in [5.74, 6) is 1.17. The molecule has 0 atom stereocenters. The molecule has 0 radical (unpaired) electrons. The van der Waals surface area contributed by atoms with Gasteiger partial charge in [0.25, 0.3) is 5.69 Å². The second kappa shape index (κ2) is 8.54. The minimum Gasteiger partial charge on any atom is -0.493 e. The molecule has 0 bridgehead atoms. The molecule has 0 heterocycles. The second-order valence-electron chi connectivity index (χ2n) is 5.27. The molecule has 0 aliphatic rings. The van der Waals surface area contributed by atoms with Crippen LogP contribution in [0.4, 0.5) is 11.4 Å². The lowest BCUT2D eigenvalue weighted by Gasteiger charge is -2.13. The van der Waals surface area contributed by atoms with Gasteiger partial charge < -0.3 is 14.2 Å². The Morgan fingerprint density at radius 2 is 1.79 bits per heavy atom. The quantitative estimate of drug-likeness (QED) is 0.378. The molecule has 11 nitrogen and oxygen atoms in total. The van der Waals surface area contributed by atoms with Gasteiger partial charge in [-0.2, -0.15) is 5.10 Å². The third-order valence-electron chi connectivity index (χ3n) is 3.62. The Morgan fingerprint density at radius 1 is 1.11 bits per heavy atom. The highest BCUT2D eigenvalue weighted by Gasteiger charge is 2.19. The average Bonchev–Trinajstić information content (AvgIpc) is 2.66. The van der Waals surface area contributed by atoms with Gasteiger partial charge in [0.15, 0.2) is 11.5 Å². The first kappa shape index (κ1) is 20.9. The number of hydrogen-bond donors (Lipinski definition) is 2. The molecule has 2 aromatic carbocycles. The zero-order valence-electron chi connectivity index (χ0n) is 15.2. The highest BCUT2D eigenvalue weighted by atomic mass is 32.2. The fraction of sp³-hybridized carbons (Fsp3) is 0.188. The van der Waals surface area contributed by atoms with Gasteiger partial charge in [-0.25, -0.2) is 13.6 Å². The van der Waals surface area contributed by atoms with E-state index in [1.54, 1.807) is 12.1 Å². The van der Waals surface area contributed by atoms with Crippen molar-refractivity contribution in [2.24, 2.45) is 10.2 Å². The summed E-state index contributed by atoms with van der Waals surface area (Å²) in [5.41, 5.74) is 2.50. The highest BCUT2D eigenvalue weighted by Crippen LogP contribution is 2.39. The summed E-state index contributed by atoms with van der Waals surface area (Å²) < 4.78 is 38.5. The van der Waals surface area contributed by atoms with E-state index in [1.807, 2.05) is 0 Å². The molecule has 0 amide bonds. The van der Waals surface area contributed by atoms with Gasteiger partial charge in [-0.05, 0) is 24.3 Å². The summed E-state index contributed by atoms with van der Waals surface area (Å²) in [5, 5.41) is 20.2. The van der Waals surface area contributed by atoms with Gasteiger partial charge in [-0.15, -0.1) is 0 Å². The summed E-state index contributed by atoms with van der Waals surface area (Å²) in [6.45, 7) is 0. The van der Waals surface area contributed by atoms with Crippen molar-refractivity contribution in [2.75, 3.05) is 26.8 Å². The number of nitrogens with zero attached hydrogens (tertiary/aromatic N) is 2. The Kier molecular flexibility index (Phi) is 6.38. The zero-order valence-corrected chi connectivity index (χ0v) is 16.0. The number of nitrogens with one attached hydrogen (secondary N) is 1. The number of hydrogen-bond acceptors (Lipinski definition) is 9. The number of rotatable bonds is 8. The molecule has 0 aliphatic heterocycles. The van der Waals surface area contributed by atoms with Crippen LogP contribution in [0.3, 0.4) is 0 Å². The molecule has 12 heteroatoms. The maximum atomic E-state index is 11.4. The second-order valence-corrected chi connectivity index (χ2v) is 6.84. The number of anilines is 1. The fourth-order valence-corrected chi connectivity index (χ4v) is 2.87. The molecule has 0 aliphatic carbocycles. The minimum absolute atomic E-state index is 0.0203. The average molecular weight is 410 g/mol. The first-order chi connectivity index (χ1) is 13.2. The molecule has 0 saturated carbocycles. The Bertz CT molecular complexity index is 1020. The first-order valence-corrected chi connectivity index (χ1v) is 9.16. The van der Waals surface area contributed by atoms with Crippen LogP contribution in [0.2, 0.25) is 0 Å². The maximum absolute atomic E-state index is 11.4. The van der Waals surface area contributed by atoms with Crippen LogP contribution >= 0.6 is 0 Å². The predicted molar refractivity (Wildman–Crippen MR) is 102 cm³/mol. The molecular weight excluding hydrogens is 392 g/mol. The van der Waals surface area contributed by atoms with Gasteiger partial charge in [0.1, 0.15) is 5.69 Å². The van der Waals surface area contributed by atoms with E-state index in [1.165, 1.54) is 33.6 Å². The third kappa shape index (κ3) is 4.47. The van der Waals surface area contributed by atoms with E-state index >= 15 is 0 Å². The minimum atomic E-state index is -4.08. The maximum Gasteiger partial charge on any atom is 0.295 e. The SMILES string of the molecule is COc1ccc(/C=N/Nc2ccc(S(N)(=O)=O)cc2[N+](=O)[O-])c(OC)c1OC. The Labute approximate surface area is 160 Å². The van der Waals surface area contributed by atoms with Crippen molar-refractivity contribution < 1.29 is 27.6 Å². The molecule has 0 aromatic heterocycles. The summed E-state index contributed by atoms with van der Waals surface area (Å²) in [6.07, 6.45) is 1.36. The van der Waals surface area contributed by atoms with Crippen LogP contribution in [-0.2, 0) is 10.0 Å². The lowest BCUT2D eigenvalue weighted by molar-refractivity contribution is -0.384. The van der Waals surface area contributed by atoms with Crippen molar-refractivity contribution in [1.29, 1.82) is 0 Å². The van der Waals surface area contributed by atoms with Crippen LogP contribution in [0.15, 0.2) is 40.3 Å². The number of nitro benzene ring substituents is 1. The van der Waals surface area contributed by atoms with Crippen LogP contribution in [0.25, 0.3) is 0 Å². The van der Waals surface area contributed by atoms with E-state index in [0.29, 0.717) is 22.8 Å². The summed E-state index contributed by atoms with van der Waals surface area (Å²) in [7, 11) is 0.305. The zero-order chi connectivity index (χ0) is 20.9. The topological polar surface area (TPSA) is 155 Å². The smallest absolute Gasteiger partial charge is 0.295 e. The molecule has 3 N–H and O–H groups in total. The molecule has 2 rings (SSSR count). The summed E-state index contributed by atoms with van der Waals surface area (Å²) in [6, 6.07) is 6.48. The standard InChI is InChI=1S/C16H18N4O7S/c1-25-14-7-4-10(15(26-2)16(14)27-3)9-18-19-12-6-5-11(28(17,23)24)8-13(12)20(21)22/h4-9,19H,1-3H3,(H2,17,23,24)/b18-9+. The Hall–Kier alpha value is -3.38. The normalized spacial score (nSPS) is 11.3. The van der Waals surface area contributed by atoms with E-state index < -0.39 is 20.6 Å². The van der Waals surface area contributed by atoms with E-state index in [0.717, 1.165) is 12.1 Å². The number of ether oxygens (including phenoxy) is 3. The Balaban J connectivity index is 2.36. The monoisotopic (exact) mass is 410 g/mol. The number of sulfonamides is 1. The molecule has 150 valence electrons. The van der Waals surface area contributed by atoms with Crippen molar-refractivity contribution in [3.8, 4) is 17.2 Å². The number of nitrogens with two attached hydrogens (primary N) is 1. The molecule has 28 heavy (non-hydrogen) atoms. The van der Waals surface area contributed by atoms with Gasteiger partial charge >= 0.3 is 0 Å². The number of benzene rings is 2. The fourth-order valence-electron chi connectivity index (χ4n) is 2.33. The number of hydrazone groups is 1. The predicted octanol–water partition coefficient (Wildman–Crippen LogP) is 1.71. The largest absolute Gasteiger partial charge is 0.493 e. The van der Waals surface area contributed by atoms with Gasteiger partial charge in [-0.3, -0.25) is 15.5 Å². The van der Waals surface area contributed by atoms with E-state index in [-0.39, 0.29) is 10.6 Å². The van der Waals surface area contributed by atoms with Gasteiger partial charge in [-0.1, -0.05) is 0 Å². The van der Waals surface area contributed by atoms with Gasteiger partial charge in [0.05, 0.1) is 37.4 Å². The number of methoxy groups -OCH3 is 3. The summed E-state index contributed by atoms with van der Waals surface area (Å²) >= 11 is 0. The van der Waals surface area contributed by atoms with Crippen molar-refractivity contribution in [1.82, 2.24) is 0 Å². The first-order valence-electron chi connectivity index (χ1n) is 7.62. The molecule has 0 fully saturated rings. The van der Waals surface area contributed by atoms with Crippen LogP contribution in [-0.4, -0.2) is 40.9 Å². The lowest BCUT2D eigenvalue weighted by Crippen LogP contribution is -2.12. The molecule has 0 unspecified atom stereocenters. The molecule has 2 aromatic rings. The van der Waals surface area contributed by atoms with Gasteiger partial charge in [0, 0.05) is 11.6 Å². The van der Waals surface area contributed by atoms with Gasteiger partial charge in [0.2, 0.25) is 15.8 Å². The van der Waals surface area contributed by atoms with Crippen molar-refractivity contribution in [3.05, 3.63) is 46.0 Å². The third-order valence-corrected chi connectivity index (χ3v) is 4.53. The van der Waals surface area contributed by atoms with Crippen LogP contribution in [0.5, 0.6) is 17.2 Å². The number of primary sulfonamides is 1. The van der Waals surface area contributed by atoms with Crippen LogP contribution in [0.1, 0.15) is 5.56 Å². The van der Waals surface area contributed by atoms with Crippen molar-refractivity contribution >= 4 is 27.6 Å². The van der Waals surface area contributed by atoms with Crippen molar-refractivity contribution in [3.63, 3.8) is 0 Å². The van der Waals surface area contributed by atoms with Crippen molar-refractivity contribution in [2.45, 2.75) is 4.90 Å². The van der Waals surface area contributed by atoms with E-state index in [9.17, 15) is 18.5 Å². The molecule has 0 saturated heterocycles. The van der Waals surface area contributed by atoms with E-state index in [2.05, 4.69) is 10.5 Å². The molecular formula is C16H18N4O7S. The lowest BCUT2D eigenvalue weighted by atomic mass is 10.2. The molecule has 0 spiro atoms.